The number of aromatic nitrogens is 2. The maximum absolute atomic E-state index is 11.6. The molecule has 0 saturated carbocycles. The van der Waals surface area contributed by atoms with Gasteiger partial charge in [0.25, 0.3) is 5.91 Å². The molecule has 0 radical (unpaired) electrons. The molecule has 0 spiro atoms. The Bertz CT molecular complexity index is 626. The Hall–Kier alpha value is -2.40. The van der Waals surface area contributed by atoms with Gasteiger partial charge in [0.15, 0.2) is 0 Å². The summed E-state index contributed by atoms with van der Waals surface area (Å²) in [5.74, 6) is 0.370. The van der Waals surface area contributed by atoms with Crippen molar-refractivity contribution in [1.82, 2.24) is 15.3 Å². The van der Waals surface area contributed by atoms with E-state index in [-0.39, 0.29) is 11.6 Å². The third-order valence-electron chi connectivity index (χ3n) is 2.92. The molecule has 6 heteroatoms. The highest BCUT2D eigenvalue weighted by Gasteiger charge is 2.06. The predicted octanol–water partition coefficient (Wildman–Crippen LogP) is 2.70. The van der Waals surface area contributed by atoms with Gasteiger partial charge in [0.05, 0.1) is 12.4 Å². The van der Waals surface area contributed by atoms with Crippen LogP contribution in [-0.4, -0.2) is 29.0 Å². The van der Waals surface area contributed by atoms with Crippen molar-refractivity contribution >= 4 is 23.3 Å². The molecule has 114 valence electrons. The van der Waals surface area contributed by atoms with Crippen molar-refractivity contribution in [2.75, 3.05) is 18.4 Å². The highest BCUT2D eigenvalue weighted by atomic mass is 35.5. The largest absolute Gasteiger partial charge is 0.368 e. The Morgan fingerprint density at radius 3 is 2.64 bits per heavy atom. The lowest BCUT2D eigenvalue weighted by Crippen LogP contribution is -2.24. The van der Waals surface area contributed by atoms with Gasteiger partial charge >= 0.3 is 0 Å². The summed E-state index contributed by atoms with van der Waals surface area (Å²) < 4.78 is 0. The molecule has 5 nitrogen and oxygen atoms in total. The second-order valence-electron chi connectivity index (χ2n) is 4.59. The van der Waals surface area contributed by atoms with E-state index >= 15 is 0 Å². The van der Waals surface area contributed by atoms with Gasteiger partial charge in [0, 0.05) is 18.1 Å². The van der Waals surface area contributed by atoms with E-state index in [9.17, 15) is 4.79 Å². The molecule has 0 unspecified atom stereocenters. The molecule has 0 bridgehead atoms. The van der Waals surface area contributed by atoms with E-state index in [1.54, 1.807) is 12.3 Å². The minimum absolute atomic E-state index is 0.264. The molecule has 1 heterocycles. The van der Waals surface area contributed by atoms with Crippen LogP contribution >= 0.6 is 11.6 Å². The molecule has 2 N–H and O–H groups in total. The Morgan fingerprint density at radius 1 is 1.23 bits per heavy atom. The molecule has 0 atom stereocenters. The SMILES string of the molecule is C=CCNC(=O)c1cnc(NCCc2ccc(Cl)cc2)cn1. The molecule has 22 heavy (non-hydrogen) atoms. The van der Waals surface area contributed by atoms with Crippen LogP contribution in [0.3, 0.4) is 0 Å². The van der Waals surface area contributed by atoms with Crippen LogP contribution in [0, 0.1) is 0 Å². The van der Waals surface area contributed by atoms with Gasteiger partial charge in [-0.15, -0.1) is 6.58 Å². The summed E-state index contributed by atoms with van der Waals surface area (Å²) in [6.07, 6.45) is 5.45. The molecule has 0 fully saturated rings. The van der Waals surface area contributed by atoms with Gasteiger partial charge in [-0.3, -0.25) is 4.79 Å². The number of amides is 1. The second kappa shape index (κ2) is 8.14. The molecule has 1 aromatic carbocycles. The van der Waals surface area contributed by atoms with Gasteiger partial charge in [0.1, 0.15) is 11.5 Å². The highest BCUT2D eigenvalue weighted by Crippen LogP contribution is 2.10. The lowest BCUT2D eigenvalue weighted by molar-refractivity contribution is 0.0952. The van der Waals surface area contributed by atoms with Gasteiger partial charge < -0.3 is 10.6 Å². The first-order valence-electron chi connectivity index (χ1n) is 6.88. The van der Waals surface area contributed by atoms with Crippen LogP contribution in [-0.2, 0) is 6.42 Å². The maximum atomic E-state index is 11.6. The minimum Gasteiger partial charge on any atom is -0.368 e. The summed E-state index contributed by atoms with van der Waals surface area (Å²) in [4.78, 5) is 19.9. The van der Waals surface area contributed by atoms with Crippen molar-refractivity contribution in [3.63, 3.8) is 0 Å². The smallest absolute Gasteiger partial charge is 0.271 e. The first-order chi connectivity index (χ1) is 10.7. The summed E-state index contributed by atoms with van der Waals surface area (Å²) >= 11 is 5.84. The van der Waals surface area contributed by atoms with Crippen molar-refractivity contribution in [1.29, 1.82) is 0 Å². The fourth-order valence-electron chi connectivity index (χ4n) is 1.78. The van der Waals surface area contributed by atoms with Crippen molar-refractivity contribution in [3.8, 4) is 0 Å². The zero-order valence-corrected chi connectivity index (χ0v) is 12.8. The van der Waals surface area contributed by atoms with E-state index in [2.05, 4.69) is 27.2 Å². The molecule has 1 aromatic heterocycles. The summed E-state index contributed by atoms with van der Waals surface area (Å²) in [5.41, 5.74) is 1.47. The van der Waals surface area contributed by atoms with Gasteiger partial charge in [0.2, 0.25) is 0 Å². The number of hydrogen-bond donors (Lipinski definition) is 2. The third kappa shape index (κ3) is 4.86. The van der Waals surface area contributed by atoms with Gasteiger partial charge in [-0.1, -0.05) is 29.8 Å². The van der Waals surface area contributed by atoms with Crippen LogP contribution in [0.25, 0.3) is 0 Å². The number of benzene rings is 1. The first-order valence-corrected chi connectivity index (χ1v) is 7.26. The van der Waals surface area contributed by atoms with Crippen molar-refractivity contribution < 1.29 is 4.79 Å². The van der Waals surface area contributed by atoms with E-state index < -0.39 is 0 Å². The molecule has 1 amide bonds. The fraction of sp³-hybridized carbons (Fsp3) is 0.188. The van der Waals surface area contributed by atoms with E-state index in [4.69, 9.17) is 11.6 Å². The lowest BCUT2D eigenvalue weighted by Gasteiger charge is -2.06. The molecule has 0 aliphatic rings. The van der Waals surface area contributed by atoms with Crippen LogP contribution in [0.4, 0.5) is 5.82 Å². The van der Waals surface area contributed by atoms with Gasteiger partial charge in [-0.25, -0.2) is 9.97 Å². The van der Waals surface area contributed by atoms with Crippen molar-refractivity contribution in [2.24, 2.45) is 0 Å². The molecule has 0 aliphatic heterocycles. The van der Waals surface area contributed by atoms with Crippen LogP contribution in [0.5, 0.6) is 0 Å². The zero-order valence-electron chi connectivity index (χ0n) is 12.1. The Labute approximate surface area is 134 Å². The van der Waals surface area contributed by atoms with Gasteiger partial charge in [-0.2, -0.15) is 0 Å². The summed E-state index contributed by atoms with van der Waals surface area (Å²) in [6.45, 7) is 4.66. The normalized spacial score (nSPS) is 10.0. The predicted molar refractivity (Wildman–Crippen MR) is 88.2 cm³/mol. The van der Waals surface area contributed by atoms with Crippen molar-refractivity contribution in [3.05, 3.63) is 65.6 Å². The highest BCUT2D eigenvalue weighted by molar-refractivity contribution is 6.30. The van der Waals surface area contributed by atoms with Crippen molar-refractivity contribution in [2.45, 2.75) is 6.42 Å². The monoisotopic (exact) mass is 316 g/mol. The Balaban J connectivity index is 1.82. The van der Waals surface area contributed by atoms with Crippen LogP contribution in [0.15, 0.2) is 49.3 Å². The maximum Gasteiger partial charge on any atom is 0.271 e. The number of halogens is 1. The number of rotatable bonds is 7. The number of carbonyl (C=O) groups is 1. The third-order valence-corrected chi connectivity index (χ3v) is 3.18. The van der Waals surface area contributed by atoms with E-state index in [1.807, 2.05) is 24.3 Å². The van der Waals surface area contributed by atoms with Gasteiger partial charge in [-0.05, 0) is 24.1 Å². The molecule has 0 aliphatic carbocycles. The number of hydrogen-bond acceptors (Lipinski definition) is 4. The second-order valence-corrected chi connectivity index (χ2v) is 5.03. The zero-order chi connectivity index (χ0) is 15.8. The number of carbonyl (C=O) groups excluding carboxylic acids is 1. The van der Waals surface area contributed by atoms with Crippen LogP contribution in [0.1, 0.15) is 16.1 Å². The first kappa shape index (κ1) is 16.0. The number of nitrogens with one attached hydrogen (secondary N) is 2. The summed E-state index contributed by atoms with van der Waals surface area (Å²) in [7, 11) is 0. The molecule has 2 aromatic rings. The quantitative estimate of drug-likeness (QED) is 0.771. The molecular weight excluding hydrogens is 300 g/mol. The number of nitrogens with zero attached hydrogens (tertiary/aromatic N) is 2. The molecule has 0 saturated heterocycles. The Kier molecular flexibility index (Phi) is 5.91. The lowest BCUT2D eigenvalue weighted by atomic mass is 10.1. The average Bonchev–Trinajstić information content (AvgIpc) is 2.55. The average molecular weight is 317 g/mol. The summed E-state index contributed by atoms with van der Waals surface area (Å²) in [6, 6.07) is 7.71. The molecule has 2 rings (SSSR count). The minimum atomic E-state index is -0.264. The number of anilines is 1. The Morgan fingerprint density at radius 2 is 2.00 bits per heavy atom. The van der Waals surface area contributed by atoms with Crippen LogP contribution < -0.4 is 10.6 Å². The van der Waals surface area contributed by atoms with E-state index in [0.29, 0.717) is 12.4 Å². The van der Waals surface area contributed by atoms with E-state index in [1.165, 1.54) is 11.8 Å². The molecular formula is C16H17ClN4O. The van der Waals surface area contributed by atoms with E-state index in [0.717, 1.165) is 18.0 Å². The summed E-state index contributed by atoms with van der Waals surface area (Å²) in [5, 5.41) is 6.54. The standard InChI is InChI=1S/C16H17ClN4O/c1-2-8-19-16(22)14-10-21-15(11-20-14)18-9-7-12-3-5-13(17)6-4-12/h2-6,10-11H,1,7-9H2,(H,18,21)(H,19,22). The topological polar surface area (TPSA) is 66.9 Å². The fourth-order valence-corrected chi connectivity index (χ4v) is 1.90. The van der Waals surface area contributed by atoms with Crippen LogP contribution in [0.2, 0.25) is 5.02 Å².